The van der Waals surface area contributed by atoms with E-state index in [1.54, 1.807) is 6.20 Å². The molecule has 0 aromatic carbocycles. The summed E-state index contributed by atoms with van der Waals surface area (Å²) in [5, 5.41) is 18.3. The smallest absolute Gasteiger partial charge is 0.197 e. The van der Waals surface area contributed by atoms with E-state index in [1.165, 1.54) is 18.0 Å². The molecule has 0 saturated carbocycles. The Morgan fingerprint density at radius 2 is 2.06 bits per heavy atom. The van der Waals surface area contributed by atoms with Gasteiger partial charge in [-0.1, -0.05) is 0 Å². The minimum absolute atomic E-state index is 0.286. The lowest BCUT2D eigenvalue weighted by Crippen LogP contribution is -2.04. The highest BCUT2D eigenvalue weighted by atomic mass is 32.2. The van der Waals surface area contributed by atoms with E-state index < -0.39 is 0 Å². The summed E-state index contributed by atoms with van der Waals surface area (Å²) in [6.45, 7) is 6.07. The van der Waals surface area contributed by atoms with Crippen molar-refractivity contribution in [2.75, 3.05) is 0 Å². The van der Waals surface area contributed by atoms with Crippen LogP contribution in [-0.4, -0.2) is 24.7 Å². The molecule has 0 spiro atoms. The molecule has 0 aliphatic carbocycles. The first-order valence-corrected chi connectivity index (χ1v) is 6.25. The number of aryl methyl sites for hydroxylation is 1. The van der Waals surface area contributed by atoms with Gasteiger partial charge in [0.1, 0.15) is 16.9 Å². The summed E-state index contributed by atoms with van der Waals surface area (Å²) in [4.78, 5) is 8.12. The molecule has 92 valence electrons. The van der Waals surface area contributed by atoms with Crippen LogP contribution in [0.25, 0.3) is 0 Å². The van der Waals surface area contributed by atoms with E-state index in [0.717, 1.165) is 11.0 Å². The first kappa shape index (κ1) is 12.5. The van der Waals surface area contributed by atoms with E-state index in [-0.39, 0.29) is 6.04 Å². The molecule has 0 saturated heterocycles. The van der Waals surface area contributed by atoms with Gasteiger partial charge in [-0.2, -0.15) is 5.26 Å². The summed E-state index contributed by atoms with van der Waals surface area (Å²) >= 11 is 1.39. The van der Waals surface area contributed by atoms with Crippen LogP contribution in [0, 0.1) is 18.3 Å². The van der Waals surface area contributed by atoms with Crippen molar-refractivity contribution in [2.24, 2.45) is 0 Å². The molecule has 2 rings (SSSR count). The minimum atomic E-state index is 0.286. The highest BCUT2D eigenvalue weighted by Gasteiger charge is 2.13. The molecule has 7 heteroatoms. The van der Waals surface area contributed by atoms with Gasteiger partial charge in [0.05, 0.1) is 12.4 Å². The molecular formula is C11H12N6S. The summed E-state index contributed by atoms with van der Waals surface area (Å²) in [6.07, 6.45) is 3.02. The van der Waals surface area contributed by atoms with Crippen LogP contribution in [0.5, 0.6) is 0 Å². The Morgan fingerprint density at radius 3 is 2.61 bits per heavy atom. The van der Waals surface area contributed by atoms with E-state index in [9.17, 15) is 0 Å². The zero-order chi connectivity index (χ0) is 13.1. The third kappa shape index (κ3) is 2.49. The second-order valence-electron chi connectivity index (χ2n) is 3.95. The van der Waals surface area contributed by atoms with Crippen LogP contribution in [0.4, 0.5) is 0 Å². The van der Waals surface area contributed by atoms with E-state index >= 15 is 0 Å². The lowest BCUT2D eigenvalue weighted by Gasteiger charge is -2.11. The van der Waals surface area contributed by atoms with Gasteiger partial charge in [-0.3, -0.25) is 0 Å². The lowest BCUT2D eigenvalue weighted by molar-refractivity contribution is 0.536. The molecule has 0 aliphatic rings. The molecule has 0 radical (unpaired) electrons. The Kier molecular flexibility index (Phi) is 3.58. The topological polar surface area (TPSA) is 80.3 Å². The zero-order valence-corrected chi connectivity index (χ0v) is 11.1. The van der Waals surface area contributed by atoms with Crippen molar-refractivity contribution < 1.29 is 0 Å². The van der Waals surface area contributed by atoms with Gasteiger partial charge in [0.15, 0.2) is 10.9 Å². The fraction of sp³-hybridized carbons (Fsp3) is 0.364. The van der Waals surface area contributed by atoms with Crippen LogP contribution < -0.4 is 0 Å². The Labute approximate surface area is 109 Å². The number of hydrogen-bond acceptors (Lipinski definition) is 6. The molecule has 0 atom stereocenters. The predicted octanol–water partition coefficient (Wildman–Crippen LogP) is 1.98. The highest BCUT2D eigenvalue weighted by molar-refractivity contribution is 7.99. The van der Waals surface area contributed by atoms with E-state index in [4.69, 9.17) is 5.26 Å². The molecule has 2 aromatic rings. The molecule has 6 nitrogen and oxygen atoms in total. The van der Waals surface area contributed by atoms with Crippen LogP contribution in [0.2, 0.25) is 0 Å². The summed E-state index contributed by atoms with van der Waals surface area (Å²) in [5.74, 6) is 0.870. The predicted molar refractivity (Wildman–Crippen MR) is 66.0 cm³/mol. The van der Waals surface area contributed by atoms with Crippen LogP contribution in [0.15, 0.2) is 22.6 Å². The number of aromatic nitrogens is 5. The normalized spacial score (nSPS) is 10.6. The highest BCUT2D eigenvalue weighted by Crippen LogP contribution is 2.26. The second-order valence-corrected chi connectivity index (χ2v) is 4.93. The molecular weight excluding hydrogens is 248 g/mol. The Balaban J connectivity index is 2.26. The van der Waals surface area contributed by atoms with Crippen molar-refractivity contribution in [2.45, 2.75) is 37.0 Å². The third-order valence-electron chi connectivity index (χ3n) is 2.29. The molecule has 0 fully saturated rings. The van der Waals surface area contributed by atoms with Gasteiger partial charge in [0.25, 0.3) is 0 Å². The number of nitriles is 1. The number of nitrogens with zero attached hydrogens (tertiary/aromatic N) is 6. The van der Waals surface area contributed by atoms with Crippen molar-refractivity contribution in [1.82, 2.24) is 24.7 Å². The van der Waals surface area contributed by atoms with Crippen LogP contribution in [-0.2, 0) is 0 Å². The standard InChI is InChI=1S/C11H12N6S/c1-7(2)17-8(3)15-16-11(17)18-10-6-13-9(4-12)5-14-10/h5-7H,1-3H3. The molecule has 0 unspecified atom stereocenters. The first-order valence-electron chi connectivity index (χ1n) is 5.43. The number of hydrogen-bond donors (Lipinski definition) is 0. The van der Waals surface area contributed by atoms with Crippen molar-refractivity contribution >= 4 is 11.8 Å². The van der Waals surface area contributed by atoms with Gasteiger partial charge in [0.2, 0.25) is 0 Å². The van der Waals surface area contributed by atoms with Gasteiger partial charge in [-0.15, -0.1) is 10.2 Å². The summed E-state index contributed by atoms with van der Waals surface area (Å²) in [7, 11) is 0. The van der Waals surface area contributed by atoms with Crippen molar-refractivity contribution in [1.29, 1.82) is 5.26 Å². The molecule has 0 amide bonds. The molecule has 2 aromatic heterocycles. The van der Waals surface area contributed by atoms with Crippen molar-refractivity contribution in [3.63, 3.8) is 0 Å². The summed E-state index contributed by atoms with van der Waals surface area (Å²) in [6, 6.07) is 2.22. The Bertz CT molecular complexity index is 581. The maximum atomic E-state index is 8.65. The van der Waals surface area contributed by atoms with Gasteiger partial charge >= 0.3 is 0 Å². The van der Waals surface area contributed by atoms with Gasteiger partial charge in [-0.05, 0) is 32.5 Å². The second kappa shape index (κ2) is 5.14. The Hall–Kier alpha value is -1.94. The fourth-order valence-corrected chi connectivity index (χ4v) is 2.46. The molecule has 0 aliphatic heterocycles. The average molecular weight is 260 g/mol. The maximum Gasteiger partial charge on any atom is 0.197 e. The SMILES string of the molecule is Cc1nnc(Sc2cnc(C#N)cn2)n1C(C)C. The quantitative estimate of drug-likeness (QED) is 0.839. The van der Waals surface area contributed by atoms with Crippen molar-refractivity contribution in [3.8, 4) is 6.07 Å². The minimum Gasteiger partial charge on any atom is -0.303 e. The average Bonchev–Trinajstić information content (AvgIpc) is 2.71. The molecule has 0 N–H and O–H groups in total. The molecule has 0 bridgehead atoms. The monoisotopic (exact) mass is 260 g/mol. The van der Waals surface area contributed by atoms with E-state index in [2.05, 4.69) is 34.0 Å². The van der Waals surface area contributed by atoms with Crippen LogP contribution in [0.3, 0.4) is 0 Å². The fourth-order valence-electron chi connectivity index (χ4n) is 1.53. The van der Waals surface area contributed by atoms with Gasteiger partial charge < -0.3 is 4.57 Å². The number of rotatable bonds is 3. The maximum absolute atomic E-state index is 8.65. The van der Waals surface area contributed by atoms with Gasteiger partial charge in [-0.25, -0.2) is 9.97 Å². The van der Waals surface area contributed by atoms with Gasteiger partial charge in [0, 0.05) is 6.04 Å². The summed E-state index contributed by atoms with van der Waals surface area (Å²) in [5.41, 5.74) is 0.306. The largest absolute Gasteiger partial charge is 0.303 e. The third-order valence-corrected chi connectivity index (χ3v) is 3.17. The zero-order valence-electron chi connectivity index (χ0n) is 10.3. The van der Waals surface area contributed by atoms with Crippen LogP contribution >= 0.6 is 11.8 Å². The van der Waals surface area contributed by atoms with E-state index in [1.807, 2.05) is 17.6 Å². The molecule has 18 heavy (non-hydrogen) atoms. The van der Waals surface area contributed by atoms with E-state index in [0.29, 0.717) is 10.7 Å². The Morgan fingerprint density at radius 1 is 1.28 bits per heavy atom. The van der Waals surface area contributed by atoms with Crippen LogP contribution in [0.1, 0.15) is 31.4 Å². The van der Waals surface area contributed by atoms with Crippen molar-refractivity contribution in [3.05, 3.63) is 23.9 Å². The first-order chi connectivity index (χ1) is 8.61. The molecule has 2 heterocycles. The lowest BCUT2D eigenvalue weighted by atomic mass is 10.4. The summed E-state index contributed by atoms with van der Waals surface area (Å²) < 4.78 is 2.03.